The molecule has 1 aliphatic rings. The number of hydrogen-bond acceptors (Lipinski definition) is 7. The van der Waals surface area contributed by atoms with Gasteiger partial charge in [-0.15, -0.1) is 10.2 Å². The number of nitrogen functional groups attached to an aromatic ring is 1. The van der Waals surface area contributed by atoms with E-state index in [9.17, 15) is 4.79 Å². The summed E-state index contributed by atoms with van der Waals surface area (Å²) in [7, 11) is 1.62. The quantitative estimate of drug-likeness (QED) is 0.503. The number of amides is 1. The number of ether oxygens (including phenoxy) is 2. The second kappa shape index (κ2) is 7.81. The lowest BCUT2D eigenvalue weighted by atomic mass is 10.2. The highest BCUT2D eigenvalue weighted by Gasteiger charge is 2.25. The number of methoxy groups -OCH3 is 1. The van der Waals surface area contributed by atoms with Gasteiger partial charge in [0.05, 0.1) is 12.8 Å². The van der Waals surface area contributed by atoms with Crippen molar-refractivity contribution in [1.82, 2.24) is 14.9 Å². The summed E-state index contributed by atoms with van der Waals surface area (Å²) in [5.74, 6) is 8.78. The number of nitrogens with two attached hydrogens (primary N) is 1. The van der Waals surface area contributed by atoms with Crippen molar-refractivity contribution in [3.05, 3.63) is 48.5 Å². The molecule has 0 spiro atoms. The highest BCUT2D eigenvalue weighted by atomic mass is 32.2. The maximum Gasteiger partial charge on any atom is 0.265 e. The molecule has 28 heavy (non-hydrogen) atoms. The van der Waals surface area contributed by atoms with Crippen molar-refractivity contribution in [2.75, 3.05) is 36.8 Å². The molecule has 0 radical (unpaired) electrons. The number of fused-ring (bicyclic) bond motifs is 1. The number of carbonyl (C=O) groups excluding carboxylic acids is 1. The molecule has 0 saturated heterocycles. The molecule has 1 amide bonds. The molecule has 2 N–H and O–H groups in total. The largest absolute Gasteiger partial charge is 0.497 e. The summed E-state index contributed by atoms with van der Waals surface area (Å²) in [6.07, 6.45) is 0. The van der Waals surface area contributed by atoms with Gasteiger partial charge in [0.15, 0.2) is 12.4 Å². The Balaban J connectivity index is 1.43. The van der Waals surface area contributed by atoms with Crippen molar-refractivity contribution in [1.29, 1.82) is 0 Å². The highest BCUT2D eigenvalue weighted by molar-refractivity contribution is 7.99. The summed E-state index contributed by atoms with van der Waals surface area (Å²) in [4.78, 5) is 14.0. The van der Waals surface area contributed by atoms with Crippen LogP contribution >= 0.6 is 11.8 Å². The Morgan fingerprint density at radius 1 is 1.18 bits per heavy atom. The molecular weight excluding hydrogens is 378 g/mol. The van der Waals surface area contributed by atoms with Crippen LogP contribution in [-0.2, 0) is 4.79 Å². The lowest BCUT2D eigenvalue weighted by molar-refractivity contribution is -0.121. The minimum Gasteiger partial charge on any atom is -0.497 e. The van der Waals surface area contributed by atoms with Crippen LogP contribution in [0.1, 0.15) is 0 Å². The summed E-state index contributed by atoms with van der Waals surface area (Å²) in [6, 6.07) is 15.0. The predicted molar refractivity (Wildman–Crippen MR) is 107 cm³/mol. The van der Waals surface area contributed by atoms with Crippen LogP contribution in [0, 0.1) is 0 Å². The van der Waals surface area contributed by atoms with Gasteiger partial charge in [0, 0.05) is 17.9 Å². The van der Waals surface area contributed by atoms with Gasteiger partial charge < -0.3 is 20.2 Å². The summed E-state index contributed by atoms with van der Waals surface area (Å²) < 4.78 is 12.1. The first-order valence-electron chi connectivity index (χ1n) is 8.67. The zero-order valence-electron chi connectivity index (χ0n) is 15.2. The second-order valence-corrected chi connectivity index (χ2v) is 7.12. The van der Waals surface area contributed by atoms with Crippen LogP contribution in [0.3, 0.4) is 0 Å². The Bertz CT molecular complexity index is 989. The lowest BCUT2D eigenvalue weighted by Crippen LogP contribution is -2.40. The molecule has 1 aliphatic heterocycles. The molecule has 0 aliphatic carbocycles. The molecule has 8 nitrogen and oxygen atoms in total. The Labute approximate surface area is 166 Å². The zero-order chi connectivity index (χ0) is 19.5. The van der Waals surface area contributed by atoms with E-state index in [-0.39, 0.29) is 12.5 Å². The summed E-state index contributed by atoms with van der Waals surface area (Å²) in [6.45, 7) is 0.574. The monoisotopic (exact) mass is 397 g/mol. The number of hydrogen-bond donors (Lipinski definition) is 1. The Morgan fingerprint density at radius 2 is 1.96 bits per heavy atom. The third kappa shape index (κ3) is 3.48. The number of aromatic nitrogens is 3. The standard InChI is InChI=1S/C19H19N5O3S/c1-26-14-8-6-13(7-9-14)18-21-22-19(24(18)20)28-11-10-23-15-4-2-3-5-16(15)27-12-17(23)25/h2-9H,10-12,20H2,1H3. The molecule has 4 rings (SSSR count). The fourth-order valence-electron chi connectivity index (χ4n) is 2.94. The molecular formula is C19H19N5O3S. The van der Waals surface area contributed by atoms with E-state index in [1.807, 2.05) is 48.5 Å². The molecule has 2 heterocycles. The smallest absolute Gasteiger partial charge is 0.265 e. The van der Waals surface area contributed by atoms with E-state index < -0.39 is 0 Å². The molecule has 0 fully saturated rings. The first kappa shape index (κ1) is 18.2. The van der Waals surface area contributed by atoms with Gasteiger partial charge in [0.2, 0.25) is 5.16 Å². The topological polar surface area (TPSA) is 95.5 Å². The first-order valence-corrected chi connectivity index (χ1v) is 9.66. The number of thioether (sulfide) groups is 1. The van der Waals surface area contributed by atoms with Crippen molar-refractivity contribution in [2.45, 2.75) is 5.16 Å². The van der Waals surface area contributed by atoms with Crippen LogP contribution in [0.2, 0.25) is 0 Å². The van der Waals surface area contributed by atoms with E-state index >= 15 is 0 Å². The van der Waals surface area contributed by atoms with Gasteiger partial charge in [-0.05, 0) is 36.4 Å². The van der Waals surface area contributed by atoms with E-state index in [2.05, 4.69) is 10.2 Å². The van der Waals surface area contributed by atoms with Gasteiger partial charge in [-0.25, -0.2) is 4.68 Å². The van der Waals surface area contributed by atoms with Crippen LogP contribution in [0.25, 0.3) is 11.4 Å². The lowest BCUT2D eigenvalue weighted by Gasteiger charge is -2.29. The van der Waals surface area contributed by atoms with Crippen molar-refractivity contribution in [3.63, 3.8) is 0 Å². The van der Waals surface area contributed by atoms with E-state index in [0.29, 0.717) is 23.3 Å². The molecule has 3 aromatic rings. The Hall–Kier alpha value is -3.20. The third-order valence-corrected chi connectivity index (χ3v) is 5.29. The first-order chi connectivity index (χ1) is 13.7. The number of carbonyl (C=O) groups is 1. The number of anilines is 1. The maximum atomic E-state index is 12.2. The fraction of sp³-hybridized carbons (Fsp3) is 0.211. The van der Waals surface area contributed by atoms with Crippen LogP contribution in [-0.4, -0.2) is 46.8 Å². The van der Waals surface area contributed by atoms with Crippen molar-refractivity contribution in [3.8, 4) is 22.9 Å². The summed E-state index contributed by atoms with van der Waals surface area (Å²) in [5, 5.41) is 8.94. The molecule has 0 unspecified atom stereocenters. The fourth-order valence-corrected chi connectivity index (χ4v) is 3.72. The normalized spacial score (nSPS) is 13.2. The van der Waals surface area contributed by atoms with Gasteiger partial charge in [-0.3, -0.25) is 4.79 Å². The maximum absolute atomic E-state index is 12.2. The van der Waals surface area contributed by atoms with Crippen molar-refractivity contribution in [2.24, 2.45) is 0 Å². The average molecular weight is 397 g/mol. The molecule has 144 valence electrons. The highest BCUT2D eigenvalue weighted by Crippen LogP contribution is 2.32. The number of rotatable bonds is 6. The third-order valence-electron chi connectivity index (χ3n) is 4.37. The van der Waals surface area contributed by atoms with E-state index in [0.717, 1.165) is 22.7 Å². The van der Waals surface area contributed by atoms with Gasteiger partial charge in [-0.2, -0.15) is 0 Å². The van der Waals surface area contributed by atoms with Crippen molar-refractivity contribution < 1.29 is 14.3 Å². The van der Waals surface area contributed by atoms with Crippen molar-refractivity contribution >= 4 is 23.4 Å². The molecule has 0 bridgehead atoms. The van der Waals surface area contributed by atoms with Crippen LogP contribution in [0.15, 0.2) is 53.7 Å². The number of benzene rings is 2. The average Bonchev–Trinajstić information content (AvgIpc) is 3.10. The zero-order valence-corrected chi connectivity index (χ0v) is 16.1. The minimum absolute atomic E-state index is 0.0520. The van der Waals surface area contributed by atoms with Gasteiger partial charge in [0.25, 0.3) is 5.91 Å². The van der Waals surface area contributed by atoms with E-state index in [4.69, 9.17) is 15.3 Å². The SMILES string of the molecule is COc1ccc(-c2nnc(SCCN3C(=O)COc4ccccc43)n2N)cc1. The van der Waals surface area contributed by atoms with Gasteiger partial charge in [-0.1, -0.05) is 23.9 Å². The molecule has 9 heteroatoms. The van der Waals surface area contributed by atoms with Gasteiger partial charge >= 0.3 is 0 Å². The van der Waals surface area contributed by atoms with Crippen LogP contribution in [0.4, 0.5) is 5.69 Å². The summed E-state index contributed by atoms with van der Waals surface area (Å²) in [5.41, 5.74) is 1.63. The second-order valence-electron chi connectivity index (χ2n) is 6.05. The van der Waals surface area contributed by atoms with E-state index in [1.165, 1.54) is 16.4 Å². The number of para-hydroxylation sites is 2. The molecule has 1 aromatic heterocycles. The molecule has 0 atom stereocenters. The van der Waals surface area contributed by atoms with Crippen LogP contribution in [0.5, 0.6) is 11.5 Å². The van der Waals surface area contributed by atoms with E-state index in [1.54, 1.807) is 12.0 Å². The molecule has 2 aromatic carbocycles. The summed E-state index contributed by atoms with van der Waals surface area (Å²) >= 11 is 1.45. The Kier molecular flexibility index (Phi) is 5.07. The Morgan fingerprint density at radius 3 is 2.75 bits per heavy atom. The minimum atomic E-state index is -0.0626. The molecule has 0 saturated carbocycles. The van der Waals surface area contributed by atoms with Gasteiger partial charge in [0.1, 0.15) is 11.5 Å². The van der Waals surface area contributed by atoms with Crippen LogP contribution < -0.4 is 20.2 Å². The number of nitrogens with zero attached hydrogens (tertiary/aromatic N) is 4. The predicted octanol–water partition coefficient (Wildman–Crippen LogP) is 2.19.